The Morgan fingerprint density at radius 2 is 1.95 bits per heavy atom. The molecule has 1 aliphatic rings. The summed E-state index contributed by atoms with van der Waals surface area (Å²) in [6.45, 7) is 3.34. The van der Waals surface area contributed by atoms with Crippen molar-refractivity contribution in [2.24, 2.45) is 0 Å². The van der Waals surface area contributed by atoms with Crippen molar-refractivity contribution in [1.29, 1.82) is 0 Å². The molecule has 1 aliphatic heterocycles. The summed E-state index contributed by atoms with van der Waals surface area (Å²) >= 11 is 0. The van der Waals surface area contributed by atoms with Crippen LogP contribution in [-0.2, 0) is 14.3 Å². The van der Waals surface area contributed by atoms with E-state index in [0.29, 0.717) is 6.42 Å². The molecule has 0 unspecified atom stereocenters. The molecule has 0 saturated carbocycles. The summed E-state index contributed by atoms with van der Waals surface area (Å²) in [5.74, 6) is 0. The summed E-state index contributed by atoms with van der Waals surface area (Å²) in [7, 11) is 3.59. The molecule has 1 saturated heterocycles. The van der Waals surface area contributed by atoms with Crippen LogP contribution in [-0.4, -0.2) is 83.5 Å². The Hall–Kier alpha value is -0.570. The van der Waals surface area contributed by atoms with Gasteiger partial charge in [-0.3, -0.25) is 0 Å². The average molecular weight is 305 g/mol. The van der Waals surface area contributed by atoms with Gasteiger partial charge in [-0.2, -0.15) is 0 Å². The highest BCUT2D eigenvalue weighted by molar-refractivity contribution is 5.49. The molecule has 1 fully saturated rings. The molecule has 7 heteroatoms. The number of aliphatic hydroxyl groups is 3. The molecule has 3 N–H and O–H groups in total. The zero-order chi connectivity index (χ0) is 16.2. The minimum absolute atomic E-state index is 0.247. The molecule has 0 aromatic rings. The lowest BCUT2D eigenvalue weighted by Crippen LogP contribution is -2.62. The third-order valence-electron chi connectivity index (χ3n) is 3.82. The molecular formula is C14H27NO6. The van der Waals surface area contributed by atoms with Crippen LogP contribution in [0.3, 0.4) is 0 Å². The summed E-state index contributed by atoms with van der Waals surface area (Å²) in [6.07, 6.45) is -3.73. The molecule has 7 atom stereocenters. The highest BCUT2D eigenvalue weighted by Crippen LogP contribution is 2.26. The van der Waals surface area contributed by atoms with E-state index >= 15 is 0 Å². The number of likely N-dealkylation sites (N-methyl/N-ethyl adjacent to an activating group) is 1. The third kappa shape index (κ3) is 4.70. The van der Waals surface area contributed by atoms with Crippen LogP contribution in [0.1, 0.15) is 26.7 Å². The van der Waals surface area contributed by atoms with Crippen molar-refractivity contribution in [3.63, 3.8) is 0 Å². The van der Waals surface area contributed by atoms with Crippen molar-refractivity contribution < 1.29 is 29.6 Å². The third-order valence-corrected chi connectivity index (χ3v) is 3.82. The minimum atomic E-state index is -1.22. The van der Waals surface area contributed by atoms with Gasteiger partial charge in [0.1, 0.15) is 18.5 Å². The first-order valence-electron chi connectivity index (χ1n) is 7.24. The molecule has 0 spiro atoms. The molecule has 0 aliphatic carbocycles. The Kier molecular flexibility index (Phi) is 7.19. The van der Waals surface area contributed by atoms with Gasteiger partial charge in [0.2, 0.25) is 0 Å². The van der Waals surface area contributed by atoms with Crippen LogP contribution in [0.4, 0.5) is 0 Å². The zero-order valence-corrected chi connectivity index (χ0v) is 13.0. The lowest BCUT2D eigenvalue weighted by atomic mass is 9.96. The van der Waals surface area contributed by atoms with Gasteiger partial charge in [-0.1, -0.05) is 0 Å². The maximum absolute atomic E-state index is 10.4. The van der Waals surface area contributed by atoms with Crippen LogP contribution in [0.2, 0.25) is 0 Å². The second-order valence-corrected chi connectivity index (χ2v) is 5.80. The molecule has 124 valence electrons. The SMILES string of the molecule is C[C@@H](O)[C@H](CCC=O)O[C@H]1O[C@H](C)[C@@H](N(C)C)[C@H](O)[C@H]1O. The predicted octanol–water partition coefficient (Wildman–Crippen LogP) is -0.872. The molecular weight excluding hydrogens is 278 g/mol. The van der Waals surface area contributed by atoms with Crippen LogP contribution >= 0.6 is 0 Å². The van der Waals surface area contributed by atoms with Crippen molar-refractivity contribution in [2.75, 3.05) is 14.1 Å². The van der Waals surface area contributed by atoms with Gasteiger partial charge in [0.15, 0.2) is 6.29 Å². The Labute approximate surface area is 125 Å². The molecule has 21 heavy (non-hydrogen) atoms. The number of carbonyl (C=O) groups is 1. The molecule has 1 heterocycles. The topological polar surface area (TPSA) is 99.5 Å². The fourth-order valence-corrected chi connectivity index (χ4v) is 2.68. The number of aldehydes is 1. The van der Waals surface area contributed by atoms with Crippen LogP contribution in [0.15, 0.2) is 0 Å². The van der Waals surface area contributed by atoms with E-state index in [-0.39, 0.29) is 18.6 Å². The minimum Gasteiger partial charge on any atom is -0.391 e. The van der Waals surface area contributed by atoms with Gasteiger partial charge >= 0.3 is 0 Å². The fraction of sp³-hybridized carbons (Fsp3) is 0.929. The second kappa shape index (κ2) is 8.17. The van der Waals surface area contributed by atoms with Gasteiger partial charge in [-0.05, 0) is 34.4 Å². The van der Waals surface area contributed by atoms with Crippen molar-refractivity contribution in [2.45, 2.75) is 69.5 Å². The lowest BCUT2D eigenvalue weighted by Gasteiger charge is -2.45. The number of carbonyl (C=O) groups excluding carboxylic acids is 1. The van der Waals surface area contributed by atoms with Crippen molar-refractivity contribution in [1.82, 2.24) is 4.90 Å². The standard InChI is InChI=1S/C14H27NO6/c1-8(17)10(6-5-7-16)21-14-13(19)12(18)11(15(3)4)9(2)20-14/h7-14,17-19H,5-6H2,1-4H3/t8-,9-,10+,11-,12+,13-,14-/m1/s1. The summed E-state index contributed by atoms with van der Waals surface area (Å²) in [6, 6.07) is -0.347. The number of aliphatic hydroxyl groups excluding tert-OH is 3. The highest BCUT2D eigenvalue weighted by atomic mass is 16.7. The van der Waals surface area contributed by atoms with E-state index in [1.807, 2.05) is 0 Å². The van der Waals surface area contributed by atoms with E-state index in [9.17, 15) is 20.1 Å². The molecule has 0 bridgehead atoms. The molecule has 1 rings (SSSR count). The van der Waals surface area contributed by atoms with Crippen molar-refractivity contribution in [3.8, 4) is 0 Å². The van der Waals surface area contributed by atoms with Crippen LogP contribution in [0, 0.1) is 0 Å². The molecule has 7 nitrogen and oxygen atoms in total. The lowest BCUT2D eigenvalue weighted by molar-refractivity contribution is -0.300. The van der Waals surface area contributed by atoms with Crippen molar-refractivity contribution in [3.05, 3.63) is 0 Å². The Balaban J connectivity index is 2.72. The van der Waals surface area contributed by atoms with E-state index in [0.717, 1.165) is 6.29 Å². The van der Waals surface area contributed by atoms with Gasteiger partial charge in [0.05, 0.1) is 24.4 Å². The first kappa shape index (κ1) is 18.5. The molecule has 0 aromatic heterocycles. The number of ether oxygens (including phenoxy) is 2. The monoisotopic (exact) mass is 305 g/mol. The van der Waals surface area contributed by atoms with Crippen LogP contribution in [0.25, 0.3) is 0 Å². The Morgan fingerprint density at radius 1 is 1.33 bits per heavy atom. The van der Waals surface area contributed by atoms with Gasteiger partial charge in [-0.15, -0.1) is 0 Å². The van der Waals surface area contributed by atoms with E-state index in [1.54, 1.807) is 32.8 Å². The van der Waals surface area contributed by atoms with E-state index in [1.165, 1.54) is 0 Å². The summed E-state index contributed by atoms with van der Waals surface area (Å²) in [4.78, 5) is 12.2. The average Bonchev–Trinajstić information content (AvgIpc) is 2.39. The number of hydrogen-bond donors (Lipinski definition) is 3. The smallest absolute Gasteiger partial charge is 0.186 e. The highest BCUT2D eigenvalue weighted by Gasteiger charge is 2.45. The van der Waals surface area contributed by atoms with Gasteiger partial charge in [-0.25, -0.2) is 0 Å². The van der Waals surface area contributed by atoms with Gasteiger partial charge < -0.3 is 34.5 Å². The van der Waals surface area contributed by atoms with E-state index in [2.05, 4.69) is 0 Å². The number of rotatable bonds is 7. The first-order valence-corrected chi connectivity index (χ1v) is 7.24. The van der Waals surface area contributed by atoms with Gasteiger partial charge in [0, 0.05) is 6.42 Å². The maximum atomic E-state index is 10.4. The van der Waals surface area contributed by atoms with E-state index in [4.69, 9.17) is 9.47 Å². The quantitative estimate of drug-likeness (QED) is 0.526. The first-order chi connectivity index (χ1) is 9.79. The second-order valence-electron chi connectivity index (χ2n) is 5.80. The van der Waals surface area contributed by atoms with Crippen molar-refractivity contribution >= 4 is 6.29 Å². The molecule has 0 radical (unpaired) electrons. The predicted molar refractivity (Wildman–Crippen MR) is 75.7 cm³/mol. The Morgan fingerprint density at radius 3 is 2.43 bits per heavy atom. The summed E-state index contributed by atoms with van der Waals surface area (Å²) < 4.78 is 11.2. The zero-order valence-electron chi connectivity index (χ0n) is 13.0. The number of nitrogens with zero attached hydrogens (tertiary/aromatic N) is 1. The molecule has 0 aromatic carbocycles. The summed E-state index contributed by atoms with van der Waals surface area (Å²) in [5, 5.41) is 30.0. The van der Waals surface area contributed by atoms with Crippen LogP contribution < -0.4 is 0 Å². The molecule has 0 amide bonds. The maximum Gasteiger partial charge on any atom is 0.186 e. The Bertz CT molecular complexity index is 325. The number of hydrogen-bond acceptors (Lipinski definition) is 7. The largest absolute Gasteiger partial charge is 0.391 e. The normalized spacial score (nSPS) is 36.5. The van der Waals surface area contributed by atoms with E-state index < -0.39 is 30.7 Å². The van der Waals surface area contributed by atoms with Gasteiger partial charge in [0.25, 0.3) is 0 Å². The summed E-state index contributed by atoms with van der Waals surface area (Å²) in [5.41, 5.74) is 0. The van der Waals surface area contributed by atoms with Crippen LogP contribution in [0.5, 0.6) is 0 Å². The fourth-order valence-electron chi connectivity index (χ4n) is 2.68.